The maximum atomic E-state index is 13.2. The molecule has 6 nitrogen and oxygen atoms in total. The highest BCUT2D eigenvalue weighted by Crippen LogP contribution is 2.31. The molecular formula is C20H24FN3O3. The molecule has 1 saturated carbocycles. The number of nitrogens with zero attached hydrogens (tertiary/aromatic N) is 2. The molecule has 144 valence electrons. The van der Waals surface area contributed by atoms with Crippen LogP contribution in [0.15, 0.2) is 35.1 Å². The van der Waals surface area contributed by atoms with Gasteiger partial charge in [-0.05, 0) is 43.4 Å². The average molecular weight is 373 g/mol. The number of aliphatic hydroxyl groups is 1. The lowest BCUT2D eigenvalue weighted by Gasteiger charge is -2.41. The molecule has 1 aliphatic carbocycles. The molecule has 3 rings (SSSR count). The van der Waals surface area contributed by atoms with Crippen molar-refractivity contribution in [1.82, 2.24) is 15.1 Å². The largest absolute Gasteiger partial charge is 0.390 e. The molecule has 1 aromatic heterocycles. The van der Waals surface area contributed by atoms with Crippen LogP contribution in [-0.4, -0.2) is 32.4 Å². The third kappa shape index (κ3) is 4.42. The zero-order valence-electron chi connectivity index (χ0n) is 15.7. The molecule has 0 bridgehead atoms. The summed E-state index contributed by atoms with van der Waals surface area (Å²) in [5.41, 5.74) is 0.893. The standard InChI is InChI=1S/C20H24FN3O3/c1-12(2)19-16(13-4-6-14(21)7-5-13)8-18(26)24(23-19)11-17(25)22-15-9-20(3,27)10-15/h4-8,12,15,27H,9-11H2,1-3H3,(H,22,25)/t15-,20+. The van der Waals surface area contributed by atoms with Crippen LogP contribution in [0, 0.1) is 5.82 Å². The van der Waals surface area contributed by atoms with E-state index in [1.54, 1.807) is 19.1 Å². The van der Waals surface area contributed by atoms with E-state index in [0.717, 1.165) is 4.68 Å². The molecule has 2 aromatic rings. The minimum atomic E-state index is -0.728. The highest BCUT2D eigenvalue weighted by Gasteiger charge is 2.39. The Kier molecular flexibility index (Phi) is 5.15. The summed E-state index contributed by atoms with van der Waals surface area (Å²) < 4.78 is 14.3. The molecule has 1 fully saturated rings. The predicted molar refractivity (Wildman–Crippen MR) is 99.8 cm³/mol. The minimum absolute atomic E-state index is 0.0155. The summed E-state index contributed by atoms with van der Waals surface area (Å²) in [6, 6.07) is 7.26. The Morgan fingerprint density at radius 2 is 2.00 bits per heavy atom. The van der Waals surface area contributed by atoms with E-state index in [-0.39, 0.29) is 30.2 Å². The summed E-state index contributed by atoms with van der Waals surface area (Å²) in [4.78, 5) is 24.7. The fourth-order valence-electron chi connectivity index (χ4n) is 3.42. The molecule has 0 radical (unpaired) electrons. The zero-order valence-corrected chi connectivity index (χ0v) is 15.7. The van der Waals surface area contributed by atoms with E-state index in [2.05, 4.69) is 10.4 Å². The summed E-state index contributed by atoms with van der Waals surface area (Å²) >= 11 is 0. The molecule has 0 atom stereocenters. The second-order valence-electron chi connectivity index (χ2n) is 7.77. The Balaban J connectivity index is 1.82. The molecule has 0 unspecified atom stereocenters. The molecule has 0 saturated heterocycles. The molecule has 7 heteroatoms. The number of carbonyl (C=O) groups is 1. The van der Waals surface area contributed by atoms with Crippen LogP contribution in [0.3, 0.4) is 0 Å². The fraction of sp³-hybridized carbons (Fsp3) is 0.450. The Bertz CT molecular complexity index is 896. The van der Waals surface area contributed by atoms with Crippen molar-refractivity contribution in [3.63, 3.8) is 0 Å². The molecule has 2 N–H and O–H groups in total. The lowest BCUT2D eigenvalue weighted by Crippen LogP contribution is -2.54. The third-order valence-electron chi connectivity index (χ3n) is 4.76. The molecular weight excluding hydrogens is 349 g/mol. The summed E-state index contributed by atoms with van der Waals surface area (Å²) in [6.07, 6.45) is 1.00. The van der Waals surface area contributed by atoms with Crippen molar-refractivity contribution in [2.75, 3.05) is 0 Å². The van der Waals surface area contributed by atoms with Crippen molar-refractivity contribution in [2.45, 2.75) is 57.7 Å². The van der Waals surface area contributed by atoms with Gasteiger partial charge in [-0.2, -0.15) is 5.10 Å². The van der Waals surface area contributed by atoms with Gasteiger partial charge in [0.1, 0.15) is 12.4 Å². The van der Waals surface area contributed by atoms with Crippen molar-refractivity contribution in [3.8, 4) is 11.1 Å². The predicted octanol–water partition coefficient (Wildman–Crippen LogP) is 2.20. The average Bonchev–Trinajstić information content (AvgIpc) is 2.55. The van der Waals surface area contributed by atoms with Crippen LogP contribution < -0.4 is 10.9 Å². The van der Waals surface area contributed by atoms with Gasteiger partial charge in [0.2, 0.25) is 5.91 Å². The summed E-state index contributed by atoms with van der Waals surface area (Å²) in [5.74, 6) is -0.645. The fourth-order valence-corrected chi connectivity index (χ4v) is 3.42. The van der Waals surface area contributed by atoms with Crippen molar-refractivity contribution in [3.05, 3.63) is 52.2 Å². The second kappa shape index (κ2) is 7.23. The van der Waals surface area contributed by atoms with E-state index >= 15 is 0 Å². The van der Waals surface area contributed by atoms with Gasteiger partial charge in [0.15, 0.2) is 0 Å². The van der Waals surface area contributed by atoms with Gasteiger partial charge in [-0.25, -0.2) is 9.07 Å². The second-order valence-corrected chi connectivity index (χ2v) is 7.77. The Labute approximate surface area is 157 Å². The Morgan fingerprint density at radius 1 is 1.37 bits per heavy atom. The lowest BCUT2D eigenvalue weighted by atomic mass is 9.77. The van der Waals surface area contributed by atoms with Crippen LogP contribution in [-0.2, 0) is 11.3 Å². The highest BCUT2D eigenvalue weighted by atomic mass is 19.1. The summed E-state index contributed by atoms with van der Waals surface area (Å²) in [6.45, 7) is 5.44. The first kappa shape index (κ1) is 19.2. The lowest BCUT2D eigenvalue weighted by molar-refractivity contribution is -0.125. The normalized spacial score (nSPS) is 21.8. The van der Waals surface area contributed by atoms with Crippen molar-refractivity contribution in [1.29, 1.82) is 0 Å². The van der Waals surface area contributed by atoms with E-state index < -0.39 is 11.2 Å². The van der Waals surface area contributed by atoms with E-state index in [0.29, 0.717) is 29.7 Å². The van der Waals surface area contributed by atoms with Crippen LogP contribution in [0.25, 0.3) is 11.1 Å². The number of rotatable bonds is 5. The van der Waals surface area contributed by atoms with Gasteiger partial charge in [0.05, 0.1) is 11.3 Å². The number of hydrogen-bond donors (Lipinski definition) is 2. The highest BCUT2D eigenvalue weighted by molar-refractivity contribution is 5.76. The van der Waals surface area contributed by atoms with Crippen LogP contribution in [0.5, 0.6) is 0 Å². The van der Waals surface area contributed by atoms with Crippen molar-refractivity contribution < 1.29 is 14.3 Å². The number of aromatic nitrogens is 2. The summed E-state index contributed by atoms with van der Waals surface area (Å²) in [7, 11) is 0. The van der Waals surface area contributed by atoms with Crippen LogP contribution in [0.4, 0.5) is 4.39 Å². The minimum Gasteiger partial charge on any atom is -0.390 e. The number of benzene rings is 1. The molecule has 27 heavy (non-hydrogen) atoms. The van der Waals surface area contributed by atoms with Gasteiger partial charge in [-0.15, -0.1) is 0 Å². The zero-order chi connectivity index (χ0) is 19.8. The number of carbonyl (C=O) groups excluding carboxylic acids is 1. The molecule has 0 aliphatic heterocycles. The topological polar surface area (TPSA) is 84.2 Å². The number of amides is 1. The van der Waals surface area contributed by atoms with E-state index in [1.165, 1.54) is 18.2 Å². The summed E-state index contributed by atoms with van der Waals surface area (Å²) in [5, 5.41) is 16.9. The van der Waals surface area contributed by atoms with Crippen molar-refractivity contribution >= 4 is 5.91 Å². The molecule has 1 amide bonds. The Morgan fingerprint density at radius 3 is 2.56 bits per heavy atom. The Hall–Kier alpha value is -2.54. The first-order valence-corrected chi connectivity index (χ1v) is 9.04. The van der Waals surface area contributed by atoms with Crippen LogP contribution in [0.1, 0.15) is 45.2 Å². The quantitative estimate of drug-likeness (QED) is 0.842. The monoisotopic (exact) mass is 373 g/mol. The van der Waals surface area contributed by atoms with E-state index in [9.17, 15) is 19.1 Å². The van der Waals surface area contributed by atoms with Gasteiger partial charge in [0.25, 0.3) is 5.56 Å². The van der Waals surface area contributed by atoms with Gasteiger partial charge in [-0.3, -0.25) is 9.59 Å². The van der Waals surface area contributed by atoms with Crippen LogP contribution >= 0.6 is 0 Å². The molecule has 1 heterocycles. The SMILES string of the molecule is CC(C)c1nn(CC(=O)N[C@H]2C[C@@](C)(O)C2)c(=O)cc1-c1ccc(F)cc1. The number of nitrogens with one attached hydrogen (secondary N) is 1. The number of halogens is 1. The molecule has 1 aliphatic rings. The van der Waals surface area contributed by atoms with Crippen molar-refractivity contribution in [2.24, 2.45) is 0 Å². The van der Waals surface area contributed by atoms with Gasteiger partial charge in [-0.1, -0.05) is 26.0 Å². The van der Waals surface area contributed by atoms with Gasteiger partial charge in [0, 0.05) is 17.7 Å². The maximum Gasteiger partial charge on any atom is 0.267 e. The van der Waals surface area contributed by atoms with Crippen LogP contribution in [0.2, 0.25) is 0 Å². The third-order valence-corrected chi connectivity index (χ3v) is 4.76. The first-order valence-electron chi connectivity index (χ1n) is 9.04. The molecule has 1 aromatic carbocycles. The first-order chi connectivity index (χ1) is 12.6. The number of hydrogen-bond acceptors (Lipinski definition) is 4. The van der Waals surface area contributed by atoms with E-state index in [4.69, 9.17) is 0 Å². The van der Waals surface area contributed by atoms with Gasteiger partial charge < -0.3 is 10.4 Å². The van der Waals surface area contributed by atoms with E-state index in [1.807, 2.05) is 13.8 Å². The maximum absolute atomic E-state index is 13.2. The molecule has 0 spiro atoms. The smallest absolute Gasteiger partial charge is 0.267 e. The van der Waals surface area contributed by atoms with Gasteiger partial charge >= 0.3 is 0 Å².